The molecule has 13 heavy (non-hydrogen) atoms. The Morgan fingerprint density at radius 2 is 1.85 bits per heavy atom. The first-order chi connectivity index (χ1) is 6.25. The van der Waals surface area contributed by atoms with E-state index >= 15 is 0 Å². The molecule has 72 valence electrons. The molecule has 2 heteroatoms. The summed E-state index contributed by atoms with van der Waals surface area (Å²) in [4.78, 5) is 11.4. The Hall–Kier alpha value is -0.790. The van der Waals surface area contributed by atoms with Crippen molar-refractivity contribution in [3.05, 3.63) is 12.2 Å². The van der Waals surface area contributed by atoms with E-state index in [0.29, 0.717) is 12.0 Å². The molecule has 0 bridgehead atoms. The number of carbonyl (C=O) groups is 1. The van der Waals surface area contributed by atoms with Gasteiger partial charge in [-0.25, -0.2) is 0 Å². The second-order valence-electron chi connectivity index (χ2n) is 4.31. The molecule has 2 aliphatic carbocycles. The number of rotatable bonds is 2. The molecule has 0 aromatic rings. The normalized spacial score (nSPS) is 24.5. The third kappa shape index (κ3) is 2.33. The molecule has 0 unspecified atom stereocenters. The quantitative estimate of drug-likeness (QED) is 0.645. The van der Waals surface area contributed by atoms with E-state index < -0.39 is 0 Å². The summed E-state index contributed by atoms with van der Waals surface area (Å²) in [6.45, 7) is 3.96. The smallest absolute Gasteiger partial charge is 0.223 e. The predicted octanol–water partition coefficient (Wildman–Crippen LogP) is 2.01. The van der Waals surface area contributed by atoms with Gasteiger partial charge in [0.2, 0.25) is 5.91 Å². The van der Waals surface area contributed by atoms with Crippen LogP contribution in [0.3, 0.4) is 0 Å². The van der Waals surface area contributed by atoms with E-state index in [1.54, 1.807) is 0 Å². The van der Waals surface area contributed by atoms with Crippen LogP contribution in [0.4, 0.5) is 0 Å². The SMILES string of the molecule is C=C1CCC(NC(=O)C2CC2)CC1. The summed E-state index contributed by atoms with van der Waals surface area (Å²) >= 11 is 0. The van der Waals surface area contributed by atoms with Crippen LogP contribution in [0.5, 0.6) is 0 Å². The van der Waals surface area contributed by atoms with Gasteiger partial charge in [0, 0.05) is 12.0 Å². The van der Waals surface area contributed by atoms with Gasteiger partial charge in [-0.15, -0.1) is 0 Å². The highest BCUT2D eigenvalue weighted by molar-refractivity contribution is 5.81. The van der Waals surface area contributed by atoms with Crippen LogP contribution in [-0.4, -0.2) is 11.9 Å². The van der Waals surface area contributed by atoms with Gasteiger partial charge >= 0.3 is 0 Å². The summed E-state index contributed by atoms with van der Waals surface area (Å²) < 4.78 is 0. The first kappa shape index (κ1) is 8.79. The summed E-state index contributed by atoms with van der Waals surface area (Å²) in [5.74, 6) is 0.641. The fourth-order valence-electron chi connectivity index (χ4n) is 1.83. The van der Waals surface area contributed by atoms with Crippen LogP contribution >= 0.6 is 0 Å². The third-order valence-corrected chi connectivity index (χ3v) is 2.99. The third-order valence-electron chi connectivity index (χ3n) is 2.99. The number of allylic oxidation sites excluding steroid dienone is 1. The number of hydrogen-bond acceptors (Lipinski definition) is 1. The standard InChI is InChI=1S/C11H17NO/c1-8-2-6-10(7-3-8)12-11(13)9-4-5-9/h9-10H,1-7H2,(H,12,13). The minimum Gasteiger partial charge on any atom is -0.353 e. The number of nitrogens with one attached hydrogen (secondary N) is 1. The fraction of sp³-hybridized carbons (Fsp3) is 0.727. The van der Waals surface area contributed by atoms with E-state index in [-0.39, 0.29) is 5.91 Å². The molecule has 2 rings (SSSR count). The van der Waals surface area contributed by atoms with Crippen molar-refractivity contribution in [1.82, 2.24) is 5.32 Å². The maximum absolute atomic E-state index is 11.4. The maximum Gasteiger partial charge on any atom is 0.223 e. The molecule has 2 saturated carbocycles. The van der Waals surface area contributed by atoms with Crippen LogP contribution in [-0.2, 0) is 4.79 Å². The van der Waals surface area contributed by atoms with Gasteiger partial charge in [0.25, 0.3) is 0 Å². The molecule has 0 aromatic heterocycles. The van der Waals surface area contributed by atoms with E-state index in [2.05, 4.69) is 11.9 Å². The van der Waals surface area contributed by atoms with Crippen LogP contribution in [0.2, 0.25) is 0 Å². The van der Waals surface area contributed by atoms with Crippen molar-refractivity contribution in [3.8, 4) is 0 Å². The van der Waals surface area contributed by atoms with Crippen molar-refractivity contribution in [1.29, 1.82) is 0 Å². The first-order valence-electron chi connectivity index (χ1n) is 5.23. The van der Waals surface area contributed by atoms with E-state index in [1.807, 2.05) is 0 Å². The molecule has 0 heterocycles. The van der Waals surface area contributed by atoms with Crippen LogP contribution in [0, 0.1) is 5.92 Å². The van der Waals surface area contributed by atoms with Crippen LogP contribution < -0.4 is 5.32 Å². The van der Waals surface area contributed by atoms with Crippen LogP contribution in [0.25, 0.3) is 0 Å². The Balaban J connectivity index is 1.75. The monoisotopic (exact) mass is 179 g/mol. The molecule has 0 aliphatic heterocycles. The van der Waals surface area contributed by atoms with E-state index in [9.17, 15) is 4.79 Å². The molecular weight excluding hydrogens is 162 g/mol. The zero-order valence-electron chi connectivity index (χ0n) is 8.01. The second-order valence-corrected chi connectivity index (χ2v) is 4.31. The van der Waals surface area contributed by atoms with Gasteiger partial charge in [-0.05, 0) is 38.5 Å². The van der Waals surface area contributed by atoms with Crippen LogP contribution in [0.1, 0.15) is 38.5 Å². The number of carbonyl (C=O) groups excluding carboxylic acids is 1. The van der Waals surface area contributed by atoms with Crippen LogP contribution in [0.15, 0.2) is 12.2 Å². The fourth-order valence-corrected chi connectivity index (χ4v) is 1.83. The van der Waals surface area contributed by atoms with Crippen molar-refractivity contribution in [2.75, 3.05) is 0 Å². The van der Waals surface area contributed by atoms with Gasteiger partial charge in [0.1, 0.15) is 0 Å². The van der Waals surface area contributed by atoms with Gasteiger partial charge in [-0.3, -0.25) is 4.79 Å². The molecule has 0 aromatic carbocycles. The minimum atomic E-state index is 0.289. The van der Waals surface area contributed by atoms with Crippen molar-refractivity contribution in [2.45, 2.75) is 44.6 Å². The highest BCUT2D eigenvalue weighted by Crippen LogP contribution is 2.30. The highest BCUT2D eigenvalue weighted by atomic mass is 16.2. The summed E-state index contributed by atoms with van der Waals surface area (Å²) in [7, 11) is 0. The van der Waals surface area contributed by atoms with Gasteiger partial charge in [-0.2, -0.15) is 0 Å². The molecule has 2 aliphatic rings. The predicted molar refractivity (Wildman–Crippen MR) is 52.3 cm³/mol. The van der Waals surface area contributed by atoms with Crippen molar-refractivity contribution in [3.63, 3.8) is 0 Å². The summed E-state index contributed by atoms with van der Waals surface area (Å²) in [5, 5.41) is 3.12. The first-order valence-corrected chi connectivity index (χ1v) is 5.23. The lowest BCUT2D eigenvalue weighted by Crippen LogP contribution is -2.37. The molecule has 2 fully saturated rings. The average molecular weight is 179 g/mol. The molecule has 0 saturated heterocycles. The Morgan fingerprint density at radius 3 is 2.38 bits per heavy atom. The van der Waals surface area contributed by atoms with E-state index in [4.69, 9.17) is 0 Å². The highest BCUT2D eigenvalue weighted by Gasteiger charge is 2.31. The minimum absolute atomic E-state index is 0.289. The summed E-state index contributed by atoms with van der Waals surface area (Å²) in [6, 6.07) is 0.429. The Bertz CT molecular complexity index is 220. The second kappa shape index (κ2) is 3.52. The topological polar surface area (TPSA) is 29.1 Å². The Kier molecular flexibility index (Phi) is 2.38. The molecular formula is C11H17NO. The molecule has 0 atom stereocenters. The van der Waals surface area contributed by atoms with E-state index in [1.165, 1.54) is 5.57 Å². The van der Waals surface area contributed by atoms with Crippen molar-refractivity contribution < 1.29 is 4.79 Å². The van der Waals surface area contributed by atoms with Gasteiger partial charge in [-0.1, -0.05) is 12.2 Å². The lowest BCUT2D eigenvalue weighted by molar-refractivity contribution is -0.123. The lowest BCUT2D eigenvalue weighted by Gasteiger charge is -2.24. The van der Waals surface area contributed by atoms with Gasteiger partial charge in [0.05, 0.1) is 0 Å². The average Bonchev–Trinajstić information content (AvgIpc) is 2.91. The summed E-state index contributed by atoms with van der Waals surface area (Å²) in [5.41, 5.74) is 1.34. The van der Waals surface area contributed by atoms with E-state index in [0.717, 1.165) is 38.5 Å². The molecule has 1 amide bonds. The maximum atomic E-state index is 11.4. The zero-order chi connectivity index (χ0) is 9.26. The summed E-state index contributed by atoms with van der Waals surface area (Å²) in [6.07, 6.45) is 6.58. The zero-order valence-corrected chi connectivity index (χ0v) is 8.01. The van der Waals surface area contributed by atoms with Crippen molar-refractivity contribution in [2.24, 2.45) is 5.92 Å². The Morgan fingerprint density at radius 1 is 1.23 bits per heavy atom. The molecule has 0 radical (unpaired) electrons. The Labute approximate surface area is 79.4 Å². The number of hydrogen-bond donors (Lipinski definition) is 1. The lowest BCUT2D eigenvalue weighted by atomic mass is 9.92. The van der Waals surface area contributed by atoms with Gasteiger partial charge in [0.15, 0.2) is 0 Å². The molecule has 0 spiro atoms. The number of amides is 1. The van der Waals surface area contributed by atoms with Gasteiger partial charge < -0.3 is 5.32 Å². The molecule has 2 nitrogen and oxygen atoms in total. The van der Waals surface area contributed by atoms with Crippen molar-refractivity contribution >= 4 is 5.91 Å². The largest absolute Gasteiger partial charge is 0.353 e. The molecule has 1 N–H and O–H groups in total.